The van der Waals surface area contributed by atoms with Crippen molar-refractivity contribution in [2.75, 3.05) is 26.2 Å². The van der Waals surface area contributed by atoms with Gasteiger partial charge < -0.3 is 10.1 Å². The summed E-state index contributed by atoms with van der Waals surface area (Å²) in [5.41, 5.74) is 0.0721. The van der Waals surface area contributed by atoms with Gasteiger partial charge in [0.15, 0.2) is 0 Å². The van der Waals surface area contributed by atoms with Gasteiger partial charge in [0.1, 0.15) is 5.76 Å². The molecule has 1 aliphatic heterocycles. The lowest BCUT2D eigenvalue weighted by molar-refractivity contribution is 0.0654. The monoisotopic (exact) mass is 254 g/mol. The van der Waals surface area contributed by atoms with Crippen LogP contribution in [-0.2, 0) is 4.74 Å². The highest BCUT2D eigenvalue weighted by Gasteiger charge is 2.37. The van der Waals surface area contributed by atoms with Crippen molar-refractivity contribution in [2.24, 2.45) is 0 Å². The van der Waals surface area contributed by atoms with E-state index < -0.39 is 0 Å². The van der Waals surface area contributed by atoms with Gasteiger partial charge in [0.2, 0.25) is 0 Å². The van der Waals surface area contributed by atoms with Gasteiger partial charge in [0.05, 0.1) is 12.6 Å². The van der Waals surface area contributed by atoms with Gasteiger partial charge in [-0.2, -0.15) is 0 Å². The van der Waals surface area contributed by atoms with Crippen LogP contribution in [0.3, 0.4) is 0 Å². The Kier molecular flexibility index (Phi) is 6.16. The van der Waals surface area contributed by atoms with E-state index in [-0.39, 0.29) is 11.6 Å². The molecule has 0 spiro atoms. The Balaban J connectivity index is 2.91. The molecule has 0 saturated heterocycles. The molecule has 0 aromatic rings. The lowest BCUT2D eigenvalue weighted by Crippen LogP contribution is -2.58. The summed E-state index contributed by atoms with van der Waals surface area (Å²) in [6.07, 6.45) is 4.56. The van der Waals surface area contributed by atoms with Gasteiger partial charge in [-0.3, -0.25) is 4.90 Å². The van der Waals surface area contributed by atoms with Gasteiger partial charge in [-0.05, 0) is 52.4 Å². The number of hydrogen-bond acceptors (Lipinski definition) is 3. The first kappa shape index (κ1) is 15.5. The lowest BCUT2D eigenvalue weighted by Gasteiger charge is -2.44. The second-order valence-electron chi connectivity index (χ2n) is 5.41. The lowest BCUT2D eigenvalue weighted by atomic mass is 9.89. The quantitative estimate of drug-likeness (QED) is 0.756. The summed E-state index contributed by atoms with van der Waals surface area (Å²) in [6.45, 7) is 15.2. The molecule has 0 aliphatic carbocycles. The van der Waals surface area contributed by atoms with Crippen molar-refractivity contribution >= 4 is 0 Å². The molecule has 1 heterocycles. The van der Waals surface area contributed by atoms with E-state index in [1.165, 1.54) is 0 Å². The maximum absolute atomic E-state index is 5.89. The zero-order valence-electron chi connectivity index (χ0n) is 12.8. The van der Waals surface area contributed by atoms with Crippen LogP contribution in [0, 0.1) is 0 Å². The average molecular weight is 254 g/mol. The van der Waals surface area contributed by atoms with Crippen LogP contribution in [0.15, 0.2) is 11.8 Å². The third-order valence-corrected chi connectivity index (χ3v) is 3.94. The Morgan fingerprint density at radius 2 is 2.00 bits per heavy atom. The van der Waals surface area contributed by atoms with E-state index in [4.69, 9.17) is 4.74 Å². The molecule has 3 nitrogen and oxygen atoms in total. The van der Waals surface area contributed by atoms with E-state index in [9.17, 15) is 0 Å². The molecule has 1 aliphatic rings. The fourth-order valence-electron chi connectivity index (χ4n) is 2.90. The van der Waals surface area contributed by atoms with Crippen molar-refractivity contribution in [3.63, 3.8) is 0 Å². The first-order valence-corrected chi connectivity index (χ1v) is 7.39. The van der Waals surface area contributed by atoms with Gasteiger partial charge in [0, 0.05) is 5.54 Å². The molecule has 0 radical (unpaired) electrons. The van der Waals surface area contributed by atoms with E-state index in [1.54, 1.807) is 0 Å². The average Bonchev–Trinajstić information content (AvgIpc) is 2.38. The van der Waals surface area contributed by atoms with Crippen LogP contribution in [0.5, 0.6) is 0 Å². The predicted molar refractivity (Wildman–Crippen MR) is 77.7 cm³/mol. The zero-order valence-corrected chi connectivity index (χ0v) is 12.8. The van der Waals surface area contributed by atoms with Crippen molar-refractivity contribution in [1.82, 2.24) is 10.2 Å². The van der Waals surface area contributed by atoms with Crippen molar-refractivity contribution in [2.45, 2.75) is 59.0 Å². The van der Waals surface area contributed by atoms with Crippen LogP contribution < -0.4 is 5.32 Å². The maximum atomic E-state index is 5.89. The third kappa shape index (κ3) is 3.48. The minimum absolute atomic E-state index is 0.0721. The van der Waals surface area contributed by atoms with Crippen LogP contribution in [-0.4, -0.2) is 42.7 Å². The van der Waals surface area contributed by atoms with Crippen molar-refractivity contribution in [3.8, 4) is 0 Å². The predicted octanol–water partition coefficient (Wildman–Crippen LogP) is 2.78. The molecule has 1 N–H and O–H groups in total. The zero-order chi connectivity index (χ0) is 13.6. The van der Waals surface area contributed by atoms with E-state index in [2.05, 4.69) is 50.9 Å². The molecular formula is C15H30N2O. The molecule has 0 bridgehead atoms. The number of nitrogens with zero attached hydrogens (tertiary/aromatic N) is 1. The minimum Gasteiger partial charge on any atom is -0.497 e. The Morgan fingerprint density at radius 3 is 2.44 bits per heavy atom. The number of nitrogens with one attached hydrogen (secondary N) is 1. The second-order valence-corrected chi connectivity index (χ2v) is 5.41. The number of hydrogen-bond donors (Lipinski definition) is 1. The fraction of sp³-hybridized carbons (Fsp3) is 0.867. The summed E-state index contributed by atoms with van der Waals surface area (Å²) >= 11 is 0. The van der Waals surface area contributed by atoms with Crippen molar-refractivity contribution < 1.29 is 4.74 Å². The molecule has 0 amide bonds. The van der Waals surface area contributed by atoms with Crippen LogP contribution in [0.4, 0.5) is 0 Å². The molecule has 18 heavy (non-hydrogen) atoms. The van der Waals surface area contributed by atoms with Crippen molar-refractivity contribution in [3.05, 3.63) is 11.8 Å². The van der Waals surface area contributed by atoms with Gasteiger partial charge >= 0.3 is 0 Å². The van der Waals surface area contributed by atoms with Crippen molar-refractivity contribution in [1.29, 1.82) is 0 Å². The number of rotatable bonds is 7. The minimum atomic E-state index is 0.0721. The molecule has 0 aromatic carbocycles. The Bertz CT molecular complexity index is 270. The normalized spacial score (nSPS) is 18.4. The summed E-state index contributed by atoms with van der Waals surface area (Å²) in [5.74, 6) is 1.14. The summed E-state index contributed by atoms with van der Waals surface area (Å²) in [7, 11) is 0. The topological polar surface area (TPSA) is 24.5 Å². The highest BCUT2D eigenvalue weighted by Crippen LogP contribution is 2.27. The summed E-state index contributed by atoms with van der Waals surface area (Å²) in [5, 5.41) is 3.61. The van der Waals surface area contributed by atoms with Crippen LogP contribution in [0.25, 0.3) is 0 Å². The smallest absolute Gasteiger partial charge is 0.111 e. The molecule has 1 rings (SSSR count). The van der Waals surface area contributed by atoms with Crippen LogP contribution >= 0.6 is 0 Å². The van der Waals surface area contributed by atoms with E-state index >= 15 is 0 Å². The molecule has 0 aromatic heterocycles. The first-order valence-electron chi connectivity index (χ1n) is 7.39. The SMILES string of the molecule is CCNC(C1=CCCCO1)C(C)(C)N(CC)CC. The van der Waals surface area contributed by atoms with Gasteiger partial charge in [-0.25, -0.2) is 0 Å². The van der Waals surface area contributed by atoms with Crippen LogP contribution in [0.2, 0.25) is 0 Å². The largest absolute Gasteiger partial charge is 0.497 e. The molecular weight excluding hydrogens is 224 g/mol. The standard InChI is InChI=1S/C15H30N2O/c1-6-16-14(13-11-9-10-12-18-13)15(4,5)17(7-2)8-3/h11,14,16H,6-10,12H2,1-5H3. The Labute approximate surface area is 113 Å². The van der Waals surface area contributed by atoms with Crippen LogP contribution in [0.1, 0.15) is 47.5 Å². The summed E-state index contributed by atoms with van der Waals surface area (Å²) in [4.78, 5) is 2.50. The number of ether oxygens (including phenoxy) is 1. The summed E-state index contributed by atoms with van der Waals surface area (Å²) in [6, 6.07) is 0.280. The molecule has 3 heteroatoms. The fourth-order valence-corrected chi connectivity index (χ4v) is 2.90. The number of allylic oxidation sites excluding steroid dienone is 1. The molecule has 0 fully saturated rings. The van der Waals surface area contributed by atoms with E-state index in [1.807, 2.05) is 0 Å². The molecule has 1 unspecified atom stereocenters. The molecule has 106 valence electrons. The first-order chi connectivity index (χ1) is 8.57. The Morgan fingerprint density at radius 1 is 1.33 bits per heavy atom. The highest BCUT2D eigenvalue weighted by atomic mass is 16.5. The number of likely N-dealkylation sites (N-methyl/N-ethyl adjacent to an activating group) is 2. The van der Waals surface area contributed by atoms with E-state index in [0.717, 1.165) is 44.8 Å². The molecule has 1 atom stereocenters. The second kappa shape index (κ2) is 7.15. The van der Waals surface area contributed by atoms with Gasteiger partial charge in [-0.15, -0.1) is 0 Å². The maximum Gasteiger partial charge on any atom is 0.111 e. The third-order valence-electron chi connectivity index (χ3n) is 3.94. The van der Waals surface area contributed by atoms with Gasteiger partial charge in [0.25, 0.3) is 0 Å². The van der Waals surface area contributed by atoms with Gasteiger partial charge in [-0.1, -0.05) is 20.8 Å². The van der Waals surface area contributed by atoms with E-state index in [0.29, 0.717) is 0 Å². The summed E-state index contributed by atoms with van der Waals surface area (Å²) < 4.78 is 5.89. The highest BCUT2D eigenvalue weighted by molar-refractivity contribution is 5.14. The molecule has 0 saturated carbocycles. The Hall–Kier alpha value is -0.540.